The zero-order valence-electron chi connectivity index (χ0n) is 12.4. The van der Waals surface area contributed by atoms with Gasteiger partial charge in [-0.05, 0) is 24.0 Å². The first-order chi connectivity index (χ1) is 10.8. The molecule has 0 aliphatic rings. The number of rotatable bonds is 8. The number of carbonyl (C=O) groups is 1. The Morgan fingerprint density at radius 3 is 2.18 bits per heavy atom. The van der Waals surface area contributed by atoms with Crippen LogP contribution in [0.15, 0.2) is 60.7 Å². The molecule has 2 aromatic rings. The van der Waals surface area contributed by atoms with Gasteiger partial charge in [-0.3, -0.25) is 9.63 Å². The summed E-state index contributed by atoms with van der Waals surface area (Å²) in [4.78, 5) is 17.2. The normalized spacial score (nSPS) is 11.9. The Labute approximate surface area is 130 Å². The highest BCUT2D eigenvalue weighted by atomic mass is 16.6. The summed E-state index contributed by atoms with van der Waals surface area (Å²) in [5.74, 6) is -0.745. The van der Waals surface area contributed by atoms with Crippen LogP contribution >= 0.6 is 0 Å². The van der Waals surface area contributed by atoms with Gasteiger partial charge in [-0.2, -0.15) is 0 Å². The van der Waals surface area contributed by atoms with Crippen molar-refractivity contribution in [1.82, 2.24) is 5.48 Å². The number of carbonyl (C=O) groups excluding carboxylic acids is 1. The van der Waals surface area contributed by atoms with Gasteiger partial charge in [0.15, 0.2) is 0 Å². The minimum Gasteiger partial charge on any atom is -0.396 e. The van der Waals surface area contributed by atoms with Gasteiger partial charge in [0.1, 0.15) is 0 Å². The van der Waals surface area contributed by atoms with Crippen LogP contribution in [0.2, 0.25) is 0 Å². The zero-order valence-corrected chi connectivity index (χ0v) is 12.4. The highest BCUT2D eigenvalue weighted by molar-refractivity contribution is 5.77. The monoisotopic (exact) mass is 299 g/mol. The predicted octanol–water partition coefficient (Wildman–Crippen LogP) is 2.48. The molecular weight excluding hydrogens is 278 g/mol. The van der Waals surface area contributed by atoms with E-state index >= 15 is 0 Å². The van der Waals surface area contributed by atoms with Crippen molar-refractivity contribution in [3.8, 4) is 0 Å². The number of hydrogen-bond acceptors (Lipinski definition) is 3. The lowest BCUT2D eigenvalue weighted by molar-refractivity contribution is -0.140. The fourth-order valence-electron chi connectivity index (χ4n) is 2.14. The van der Waals surface area contributed by atoms with Crippen molar-refractivity contribution in [2.75, 3.05) is 6.61 Å². The molecule has 2 rings (SSSR count). The first-order valence-electron chi connectivity index (χ1n) is 7.40. The van der Waals surface area contributed by atoms with Crippen LogP contribution in [0.5, 0.6) is 0 Å². The standard InChI is InChI=1S/C18H21NO3/c20-13-17(12-11-15-7-3-1-4-8-15)18(21)19-22-14-16-9-5-2-6-10-16/h1-10,17,20H,11-14H2,(H,19,21). The Bertz CT molecular complexity index is 557. The molecule has 0 spiro atoms. The molecule has 4 nitrogen and oxygen atoms in total. The van der Waals surface area contributed by atoms with Crippen molar-refractivity contribution < 1.29 is 14.7 Å². The number of amides is 1. The summed E-state index contributed by atoms with van der Waals surface area (Å²) < 4.78 is 0. The van der Waals surface area contributed by atoms with E-state index in [0.29, 0.717) is 13.0 Å². The summed E-state index contributed by atoms with van der Waals surface area (Å²) in [5.41, 5.74) is 4.55. The molecule has 0 saturated carbocycles. The fraction of sp³-hybridized carbons (Fsp3) is 0.278. The van der Waals surface area contributed by atoms with E-state index in [2.05, 4.69) is 5.48 Å². The number of benzene rings is 2. The SMILES string of the molecule is O=C(NOCc1ccccc1)C(CO)CCc1ccccc1. The van der Waals surface area contributed by atoms with Gasteiger partial charge in [0, 0.05) is 0 Å². The van der Waals surface area contributed by atoms with Crippen LogP contribution in [0, 0.1) is 5.92 Å². The van der Waals surface area contributed by atoms with E-state index < -0.39 is 5.92 Å². The Kier molecular flexibility index (Phi) is 6.61. The largest absolute Gasteiger partial charge is 0.396 e. The van der Waals surface area contributed by atoms with E-state index in [-0.39, 0.29) is 12.5 Å². The molecule has 1 unspecified atom stereocenters. The summed E-state index contributed by atoms with van der Waals surface area (Å²) in [6.45, 7) is 0.122. The number of hydroxylamine groups is 1. The molecule has 0 radical (unpaired) electrons. The number of aliphatic hydroxyl groups excluding tert-OH is 1. The molecule has 4 heteroatoms. The maximum absolute atomic E-state index is 12.0. The Morgan fingerprint density at radius 1 is 1.00 bits per heavy atom. The van der Waals surface area contributed by atoms with Gasteiger partial charge in [-0.15, -0.1) is 0 Å². The topological polar surface area (TPSA) is 58.6 Å². The van der Waals surface area contributed by atoms with Crippen LogP contribution in [0.4, 0.5) is 0 Å². The van der Waals surface area contributed by atoms with Gasteiger partial charge >= 0.3 is 0 Å². The molecule has 0 bridgehead atoms. The second kappa shape index (κ2) is 8.97. The predicted molar refractivity (Wildman–Crippen MR) is 84.7 cm³/mol. The zero-order chi connectivity index (χ0) is 15.6. The van der Waals surface area contributed by atoms with Crippen molar-refractivity contribution >= 4 is 5.91 Å². The molecule has 0 aromatic heterocycles. The maximum Gasteiger partial charge on any atom is 0.248 e. The number of hydrogen-bond donors (Lipinski definition) is 2. The molecule has 2 N–H and O–H groups in total. The highest BCUT2D eigenvalue weighted by Crippen LogP contribution is 2.10. The van der Waals surface area contributed by atoms with E-state index in [4.69, 9.17) is 4.84 Å². The Balaban J connectivity index is 1.74. The average Bonchev–Trinajstić information content (AvgIpc) is 2.57. The van der Waals surface area contributed by atoms with Crippen molar-refractivity contribution in [3.63, 3.8) is 0 Å². The molecule has 116 valence electrons. The third kappa shape index (κ3) is 5.31. The molecule has 0 aliphatic carbocycles. The minimum atomic E-state index is -0.462. The van der Waals surface area contributed by atoms with Gasteiger partial charge in [0.05, 0.1) is 19.1 Å². The lowest BCUT2D eigenvalue weighted by atomic mass is 10.00. The van der Waals surface area contributed by atoms with Gasteiger partial charge in [0.2, 0.25) is 5.91 Å². The second-order valence-corrected chi connectivity index (χ2v) is 5.14. The molecule has 2 aromatic carbocycles. The molecule has 0 fully saturated rings. The smallest absolute Gasteiger partial charge is 0.248 e. The van der Waals surface area contributed by atoms with E-state index in [0.717, 1.165) is 17.5 Å². The Morgan fingerprint density at radius 2 is 1.59 bits per heavy atom. The summed E-state index contributed by atoms with van der Waals surface area (Å²) in [6, 6.07) is 19.5. The van der Waals surface area contributed by atoms with Crippen LogP contribution < -0.4 is 5.48 Å². The van der Waals surface area contributed by atoms with Gasteiger partial charge < -0.3 is 5.11 Å². The third-order valence-corrected chi connectivity index (χ3v) is 3.47. The summed E-state index contributed by atoms with van der Waals surface area (Å²) in [6.07, 6.45) is 1.33. The van der Waals surface area contributed by atoms with Crippen molar-refractivity contribution in [2.45, 2.75) is 19.4 Å². The van der Waals surface area contributed by atoms with E-state index in [1.807, 2.05) is 60.7 Å². The van der Waals surface area contributed by atoms with Crippen LogP contribution in [0.3, 0.4) is 0 Å². The van der Waals surface area contributed by atoms with Gasteiger partial charge in [-0.25, -0.2) is 5.48 Å². The molecule has 0 aliphatic heterocycles. The first kappa shape index (κ1) is 16.2. The van der Waals surface area contributed by atoms with E-state index in [1.165, 1.54) is 0 Å². The molecular formula is C18H21NO3. The first-order valence-corrected chi connectivity index (χ1v) is 7.40. The van der Waals surface area contributed by atoms with Crippen LogP contribution in [-0.4, -0.2) is 17.6 Å². The van der Waals surface area contributed by atoms with Crippen LogP contribution in [0.1, 0.15) is 17.5 Å². The van der Waals surface area contributed by atoms with Crippen molar-refractivity contribution in [3.05, 3.63) is 71.8 Å². The molecule has 0 saturated heterocycles. The molecule has 1 amide bonds. The fourth-order valence-corrected chi connectivity index (χ4v) is 2.14. The summed E-state index contributed by atoms with van der Waals surface area (Å²) in [5, 5.41) is 9.37. The number of aliphatic hydroxyl groups is 1. The van der Waals surface area contributed by atoms with Gasteiger partial charge in [0.25, 0.3) is 0 Å². The lowest BCUT2D eigenvalue weighted by Gasteiger charge is -2.14. The van der Waals surface area contributed by atoms with E-state index in [1.54, 1.807) is 0 Å². The molecule has 1 atom stereocenters. The van der Waals surface area contributed by atoms with Crippen LogP contribution in [-0.2, 0) is 22.7 Å². The maximum atomic E-state index is 12.0. The minimum absolute atomic E-state index is 0.187. The van der Waals surface area contributed by atoms with Crippen molar-refractivity contribution in [2.24, 2.45) is 5.92 Å². The average molecular weight is 299 g/mol. The summed E-state index contributed by atoms with van der Waals surface area (Å²) >= 11 is 0. The van der Waals surface area contributed by atoms with Crippen molar-refractivity contribution in [1.29, 1.82) is 0 Å². The van der Waals surface area contributed by atoms with E-state index in [9.17, 15) is 9.90 Å². The third-order valence-electron chi connectivity index (χ3n) is 3.47. The van der Waals surface area contributed by atoms with Gasteiger partial charge in [-0.1, -0.05) is 60.7 Å². The highest BCUT2D eigenvalue weighted by Gasteiger charge is 2.17. The summed E-state index contributed by atoms with van der Waals surface area (Å²) in [7, 11) is 0. The number of aryl methyl sites for hydroxylation is 1. The lowest BCUT2D eigenvalue weighted by Crippen LogP contribution is -2.33. The Hall–Kier alpha value is -2.17. The van der Waals surface area contributed by atoms with Crippen LogP contribution in [0.25, 0.3) is 0 Å². The molecule has 22 heavy (non-hydrogen) atoms. The number of nitrogens with one attached hydrogen (secondary N) is 1. The molecule has 0 heterocycles. The quantitative estimate of drug-likeness (QED) is 0.736. The second-order valence-electron chi connectivity index (χ2n) is 5.14.